The number of allylic oxidation sites excluding steroid dienone is 4. The van der Waals surface area contributed by atoms with E-state index >= 15 is 14.0 Å². The van der Waals surface area contributed by atoms with E-state index in [9.17, 15) is 44.4 Å². The van der Waals surface area contributed by atoms with Crippen molar-refractivity contribution >= 4 is 46.4 Å². The third-order valence-electron chi connectivity index (χ3n) is 17.7. The zero-order valence-corrected chi connectivity index (χ0v) is 48.0. The molecule has 2 aromatic heterocycles. The van der Waals surface area contributed by atoms with Gasteiger partial charge in [0, 0.05) is 88.0 Å². The van der Waals surface area contributed by atoms with Crippen LogP contribution in [0.3, 0.4) is 0 Å². The zero-order chi connectivity index (χ0) is 59.5. The van der Waals surface area contributed by atoms with Crippen LogP contribution in [-0.4, -0.2) is 141 Å². The number of hydrogen-bond acceptors (Lipinski definition) is 17. The summed E-state index contributed by atoms with van der Waals surface area (Å²) >= 11 is 0. The molecule has 82 heavy (non-hydrogen) atoms. The number of Topliss-reactive ketones (excluding diaryl/α,β-unsaturated/α-hetero) is 3. The van der Waals surface area contributed by atoms with Crippen LogP contribution in [0.15, 0.2) is 64.6 Å². The van der Waals surface area contributed by atoms with Crippen LogP contribution in [0.2, 0.25) is 0 Å². The number of carbonyl (C=O) groups is 6. The molecule has 10 rings (SSSR count). The Kier molecular flexibility index (Phi) is 16.8. The zero-order valence-electron chi connectivity index (χ0n) is 48.0. The average molecular weight is 1140 g/mol. The number of piperidine rings is 1. The van der Waals surface area contributed by atoms with E-state index < -0.39 is 129 Å². The Labute approximate surface area is 474 Å². The highest BCUT2D eigenvalue weighted by atomic mass is 19.1. The average Bonchev–Trinajstić information content (AvgIpc) is 1.70. The number of phenolic OH excluding ortho intramolecular Hbond substituents is 1. The van der Waals surface area contributed by atoms with Crippen molar-refractivity contribution in [2.45, 2.75) is 137 Å². The van der Waals surface area contributed by atoms with Gasteiger partial charge in [-0.05, 0) is 94.5 Å². The van der Waals surface area contributed by atoms with E-state index in [1.54, 1.807) is 51.7 Å². The first-order chi connectivity index (χ1) is 38.8. The van der Waals surface area contributed by atoms with Gasteiger partial charge >= 0.3 is 17.7 Å². The number of carboxylic acids is 1. The highest BCUT2D eigenvalue weighted by Crippen LogP contribution is 2.50. The number of fused-ring (bicyclic) bond motifs is 15. The molecule has 1 saturated carbocycles. The van der Waals surface area contributed by atoms with E-state index in [1.807, 2.05) is 4.90 Å². The number of aliphatic hydroxyl groups excluding tert-OH is 2. The molecule has 7 heterocycles. The quantitative estimate of drug-likeness (QED) is 0.131. The number of aromatic nitrogens is 1. The third kappa shape index (κ3) is 10.9. The Balaban J connectivity index is 0.989. The molecule has 2 saturated heterocycles. The number of carboxylic acid groups (broad SMARTS) is 1. The van der Waals surface area contributed by atoms with Crippen molar-refractivity contribution in [1.29, 1.82) is 0 Å². The second kappa shape index (κ2) is 23.2. The number of nitrogens with one attached hydrogen (secondary N) is 2. The molecule has 0 unspecified atom stereocenters. The second-order valence-corrected chi connectivity index (χ2v) is 23.4. The van der Waals surface area contributed by atoms with Gasteiger partial charge in [-0.3, -0.25) is 33.2 Å². The number of benzene rings is 1. The highest BCUT2D eigenvalue weighted by Gasteiger charge is 2.53. The largest absolute Gasteiger partial charge is 0.507 e. The number of aliphatic hydroxyl groups is 2. The lowest BCUT2D eigenvalue weighted by atomic mass is 9.78. The number of aryl methyl sites for hydroxylation is 1. The number of aromatic hydroxyl groups is 1. The third-order valence-corrected chi connectivity index (χ3v) is 17.7. The van der Waals surface area contributed by atoms with Gasteiger partial charge in [0.2, 0.25) is 11.6 Å². The van der Waals surface area contributed by atoms with Crippen LogP contribution in [0.5, 0.6) is 11.5 Å². The Hall–Kier alpha value is -7.20. The Morgan fingerprint density at radius 3 is 2.21 bits per heavy atom. The van der Waals surface area contributed by atoms with E-state index in [-0.39, 0.29) is 59.1 Å². The lowest BCUT2D eigenvalue weighted by molar-refractivity contribution is -0.160. The molecular weight excluding hydrogens is 1060 g/mol. The van der Waals surface area contributed by atoms with Gasteiger partial charge in [0.15, 0.2) is 5.82 Å². The summed E-state index contributed by atoms with van der Waals surface area (Å²) < 4.78 is 41.1. The molecule has 0 radical (unpaired) electrons. The predicted molar refractivity (Wildman–Crippen MR) is 298 cm³/mol. The second-order valence-electron chi connectivity index (χ2n) is 23.4. The van der Waals surface area contributed by atoms with Crippen LogP contribution in [0.1, 0.15) is 145 Å². The van der Waals surface area contributed by atoms with Crippen molar-refractivity contribution in [1.82, 2.24) is 19.9 Å². The minimum Gasteiger partial charge on any atom is -0.507 e. The molecule has 7 aliphatic rings. The van der Waals surface area contributed by atoms with Crippen molar-refractivity contribution in [2.24, 2.45) is 29.6 Å². The Bertz CT molecular complexity index is 3330. The highest BCUT2D eigenvalue weighted by molar-refractivity contribution is 6.32. The van der Waals surface area contributed by atoms with Crippen molar-refractivity contribution in [3.8, 4) is 11.5 Å². The maximum Gasteiger partial charge on any atom is 0.341 e. The first-order valence-corrected chi connectivity index (χ1v) is 28.2. The van der Waals surface area contributed by atoms with E-state index in [4.69, 9.17) is 18.9 Å². The maximum atomic E-state index is 16.1. The SMILES string of the molecule is CO[C@H]1/C=C/O[C@@]2(C)Oc3c(C)c(O)c4c(c3C2=O)C(=O)C(N2CCC(NC[C@@H]3CCN(c5c(F)cn6c(=O)c(C(=O)O)cc(C7CC7)c6c5C)C3)CC2)=C(NC(=O)/C(C)=C\C=C\[C@H](C)[C@H](O)[C@@H](C)[C@@H](O)[C@@H](C)[C@H](OC(C)=O)[C@@H]1C)C4=O. The number of methoxy groups -OCH3 is 1. The van der Waals surface area contributed by atoms with Crippen LogP contribution in [0.25, 0.3) is 5.52 Å². The van der Waals surface area contributed by atoms with Gasteiger partial charge in [-0.25, -0.2) is 9.18 Å². The van der Waals surface area contributed by atoms with Gasteiger partial charge in [-0.2, -0.15) is 0 Å². The van der Waals surface area contributed by atoms with Gasteiger partial charge < -0.3 is 59.8 Å². The molecule has 1 amide bonds. The molecule has 3 fully saturated rings. The first-order valence-electron chi connectivity index (χ1n) is 28.2. The molecule has 10 atom stereocenters. The summed E-state index contributed by atoms with van der Waals surface area (Å²) in [6, 6.07) is 1.38. The number of anilines is 1. The number of amides is 1. The van der Waals surface area contributed by atoms with Crippen LogP contribution in [-0.2, 0) is 23.8 Å². The van der Waals surface area contributed by atoms with Gasteiger partial charge in [0.25, 0.3) is 17.2 Å². The fraction of sp³-hybridized carbons (Fsp3) is 0.525. The number of halogens is 1. The van der Waals surface area contributed by atoms with E-state index in [1.165, 1.54) is 59.3 Å². The van der Waals surface area contributed by atoms with Crippen molar-refractivity contribution < 1.29 is 72.5 Å². The number of pyridine rings is 2. The molecule has 5 aliphatic heterocycles. The Morgan fingerprint density at radius 1 is 0.878 bits per heavy atom. The Morgan fingerprint density at radius 2 is 1.56 bits per heavy atom. The number of likely N-dealkylation sites (tertiary alicyclic amines) is 1. The summed E-state index contributed by atoms with van der Waals surface area (Å²) in [5, 5.41) is 51.1. The standard InChI is InChI=1S/C61H74FN5O15/c1-28-12-11-13-29(2)58(75)64-46-49(65-21-17-38(18-22-65)63-25-36-16-20-66(26-36)48-31(4)47-39(37-14-15-37)24-40(60(77)78)59(76)67(47)27-41(48)62)54(73)43-44(53(46)72)52(71)34(7)56-45(43)57(74)61(9,82-56)80-23-19-42(79-10)30(3)55(81-35(8)68)33(6)51(70)32(5)50(28)69/h11-13,19,23-24,27-28,30,32-33,36-38,42,50-51,55,63,69-71H,14-18,20-22,25-26H2,1-10H3,(H,64,75)(H,77,78)/b12-11+,23-19+,29-13-/t28-,30+,32+,33+,36-,42-,50-,51+,55+,61-/m0/s1. The van der Waals surface area contributed by atoms with Crippen LogP contribution in [0, 0.1) is 49.3 Å². The summed E-state index contributed by atoms with van der Waals surface area (Å²) in [7, 11) is 1.42. The van der Waals surface area contributed by atoms with Crippen LogP contribution in [0.4, 0.5) is 10.1 Å². The lowest BCUT2D eigenvalue weighted by Crippen LogP contribution is -2.47. The molecule has 5 bridgehead atoms. The number of aromatic carboxylic acids is 1. The van der Waals surface area contributed by atoms with E-state index in [0.717, 1.165) is 35.4 Å². The summed E-state index contributed by atoms with van der Waals surface area (Å²) in [6.07, 6.45) is 7.74. The van der Waals surface area contributed by atoms with Gasteiger partial charge in [0.1, 0.15) is 34.6 Å². The van der Waals surface area contributed by atoms with Crippen LogP contribution >= 0.6 is 0 Å². The van der Waals surface area contributed by atoms with Crippen LogP contribution < -0.4 is 25.8 Å². The lowest BCUT2D eigenvalue weighted by Gasteiger charge is -2.38. The van der Waals surface area contributed by atoms with E-state index in [0.29, 0.717) is 49.2 Å². The normalized spacial score (nSPS) is 30.0. The molecule has 6 N–H and O–H groups in total. The number of rotatable bonds is 9. The fourth-order valence-corrected chi connectivity index (χ4v) is 12.7. The molecular formula is C61H74FN5O15. The molecule has 2 aliphatic carbocycles. The van der Waals surface area contributed by atoms with Crippen molar-refractivity contribution in [3.05, 3.63) is 115 Å². The minimum absolute atomic E-state index is 0.0310. The predicted octanol–water partition coefficient (Wildman–Crippen LogP) is 6.17. The number of carbonyl (C=O) groups excluding carboxylic acids is 5. The monoisotopic (exact) mass is 1140 g/mol. The molecule has 0 spiro atoms. The molecule has 21 heteroatoms. The van der Waals surface area contributed by atoms with Gasteiger partial charge in [-0.15, -0.1) is 0 Å². The minimum atomic E-state index is -2.14. The molecule has 3 aromatic rings. The number of phenols is 1. The topological polar surface area (TPSA) is 272 Å². The summed E-state index contributed by atoms with van der Waals surface area (Å²) in [5.74, 6) is -11.3. The number of ether oxygens (including phenoxy) is 4. The molecule has 1 aromatic carbocycles. The number of nitrogens with zero attached hydrogens (tertiary/aromatic N) is 3. The number of ketones is 3. The maximum absolute atomic E-state index is 16.1. The van der Waals surface area contributed by atoms with Crippen molar-refractivity contribution in [2.75, 3.05) is 44.7 Å². The number of hydrogen-bond donors (Lipinski definition) is 6. The smallest absolute Gasteiger partial charge is 0.341 e. The molecule has 440 valence electrons. The van der Waals surface area contributed by atoms with Gasteiger partial charge in [-0.1, -0.05) is 45.9 Å². The molecule has 20 nitrogen and oxygen atoms in total. The van der Waals surface area contributed by atoms with Gasteiger partial charge in [0.05, 0.1) is 58.7 Å². The fourth-order valence-electron chi connectivity index (χ4n) is 12.7. The van der Waals surface area contributed by atoms with E-state index in [2.05, 4.69) is 10.6 Å². The number of esters is 1. The summed E-state index contributed by atoms with van der Waals surface area (Å²) in [6.45, 7) is 16.2. The summed E-state index contributed by atoms with van der Waals surface area (Å²) in [5.41, 5.74) is -0.634. The summed E-state index contributed by atoms with van der Waals surface area (Å²) in [4.78, 5) is 101. The van der Waals surface area contributed by atoms with Crippen molar-refractivity contribution in [3.63, 3.8) is 0 Å². The first kappa shape index (κ1) is 59.4.